The second kappa shape index (κ2) is 8.61. The summed E-state index contributed by atoms with van der Waals surface area (Å²) in [6.45, 7) is 2.62. The maximum absolute atomic E-state index is 11.4. The molecule has 0 atom stereocenters. The molecular formula is C16H21N3O5S. The topological polar surface area (TPSA) is 84.7 Å². The normalized spacial score (nSPS) is 10.4. The average molecular weight is 367 g/mol. The zero-order valence-electron chi connectivity index (χ0n) is 14.9. The van der Waals surface area contributed by atoms with Crippen LogP contribution in [0.1, 0.15) is 6.92 Å². The van der Waals surface area contributed by atoms with Gasteiger partial charge in [-0.2, -0.15) is 0 Å². The van der Waals surface area contributed by atoms with Gasteiger partial charge in [-0.25, -0.2) is 0 Å². The maximum atomic E-state index is 11.4. The van der Waals surface area contributed by atoms with Crippen molar-refractivity contribution in [1.82, 2.24) is 14.8 Å². The van der Waals surface area contributed by atoms with Gasteiger partial charge in [0.1, 0.15) is 0 Å². The van der Waals surface area contributed by atoms with E-state index >= 15 is 0 Å². The Kier molecular flexibility index (Phi) is 6.51. The van der Waals surface area contributed by atoms with Crippen LogP contribution in [-0.2, 0) is 16.1 Å². The highest BCUT2D eigenvalue weighted by Crippen LogP contribution is 2.41. The molecule has 0 saturated heterocycles. The van der Waals surface area contributed by atoms with Gasteiger partial charge in [0.15, 0.2) is 22.5 Å². The molecule has 0 saturated carbocycles. The zero-order chi connectivity index (χ0) is 18.4. The van der Waals surface area contributed by atoms with E-state index in [2.05, 4.69) is 14.9 Å². The lowest BCUT2D eigenvalue weighted by Gasteiger charge is -2.14. The zero-order valence-corrected chi connectivity index (χ0v) is 15.7. The first-order valence-electron chi connectivity index (χ1n) is 7.52. The number of carbonyl (C=O) groups excluding carboxylic acids is 1. The van der Waals surface area contributed by atoms with Gasteiger partial charge in [0.2, 0.25) is 5.75 Å². The number of hydrogen-bond donors (Lipinski definition) is 0. The smallest absolute Gasteiger partial charge is 0.316 e. The Morgan fingerprint density at radius 2 is 1.72 bits per heavy atom. The van der Waals surface area contributed by atoms with Crippen molar-refractivity contribution in [2.45, 2.75) is 18.6 Å². The van der Waals surface area contributed by atoms with Gasteiger partial charge in [0.25, 0.3) is 0 Å². The Hall–Kier alpha value is -2.42. The van der Waals surface area contributed by atoms with Crippen LogP contribution in [0.15, 0.2) is 17.3 Å². The van der Waals surface area contributed by atoms with Gasteiger partial charge in [-0.1, -0.05) is 11.8 Å². The van der Waals surface area contributed by atoms with E-state index in [4.69, 9.17) is 14.2 Å². The molecule has 0 fully saturated rings. The van der Waals surface area contributed by atoms with E-state index in [9.17, 15) is 4.79 Å². The van der Waals surface area contributed by atoms with Crippen LogP contribution in [0.2, 0.25) is 0 Å². The molecule has 0 bridgehead atoms. The van der Waals surface area contributed by atoms with Crippen molar-refractivity contribution in [3.8, 4) is 28.6 Å². The van der Waals surface area contributed by atoms with Crippen molar-refractivity contribution in [2.75, 3.05) is 34.2 Å². The van der Waals surface area contributed by atoms with Crippen LogP contribution < -0.4 is 14.2 Å². The standard InChI is InChI=1S/C16H21N3O5S/c1-6-19-15(17-18-16(19)25-9-13(20)23-4)10-7-11(21-2)14(24-5)12(8-10)22-3/h7-8H,6,9H2,1-5H3. The van der Waals surface area contributed by atoms with Gasteiger partial charge < -0.3 is 23.5 Å². The molecule has 2 rings (SSSR count). The number of benzene rings is 1. The summed E-state index contributed by atoms with van der Waals surface area (Å²) in [5.41, 5.74) is 0.772. The quantitative estimate of drug-likeness (QED) is 0.519. The molecule has 0 N–H and O–H groups in total. The van der Waals surface area contributed by atoms with Crippen LogP contribution in [-0.4, -0.2) is 54.9 Å². The summed E-state index contributed by atoms with van der Waals surface area (Å²) in [5, 5.41) is 9.07. The lowest BCUT2D eigenvalue weighted by molar-refractivity contribution is -0.137. The van der Waals surface area contributed by atoms with Crippen LogP contribution in [0, 0.1) is 0 Å². The van der Waals surface area contributed by atoms with Gasteiger partial charge in [-0.3, -0.25) is 4.79 Å². The highest BCUT2D eigenvalue weighted by Gasteiger charge is 2.19. The Balaban J connectivity index is 2.44. The second-order valence-corrected chi connectivity index (χ2v) is 5.77. The Morgan fingerprint density at radius 3 is 2.20 bits per heavy atom. The van der Waals surface area contributed by atoms with E-state index in [0.29, 0.717) is 34.8 Å². The van der Waals surface area contributed by atoms with Crippen LogP contribution in [0.5, 0.6) is 17.2 Å². The summed E-state index contributed by atoms with van der Waals surface area (Å²) >= 11 is 1.27. The van der Waals surface area contributed by atoms with Crippen LogP contribution in [0.25, 0.3) is 11.4 Å². The Morgan fingerprint density at radius 1 is 1.08 bits per heavy atom. The van der Waals surface area contributed by atoms with Crippen LogP contribution in [0.4, 0.5) is 0 Å². The van der Waals surface area contributed by atoms with E-state index in [1.54, 1.807) is 21.3 Å². The summed E-state index contributed by atoms with van der Waals surface area (Å²) in [6.07, 6.45) is 0. The van der Waals surface area contributed by atoms with E-state index in [1.165, 1.54) is 18.9 Å². The summed E-state index contributed by atoms with van der Waals surface area (Å²) in [4.78, 5) is 11.4. The molecule has 1 aromatic carbocycles. The van der Waals surface area contributed by atoms with Gasteiger partial charge in [-0.05, 0) is 19.1 Å². The predicted molar refractivity (Wildman–Crippen MR) is 93.5 cm³/mol. The molecule has 8 nitrogen and oxygen atoms in total. The first-order valence-corrected chi connectivity index (χ1v) is 8.51. The molecule has 25 heavy (non-hydrogen) atoms. The Bertz CT molecular complexity index is 722. The number of carbonyl (C=O) groups is 1. The van der Waals surface area contributed by atoms with Crippen molar-refractivity contribution in [2.24, 2.45) is 0 Å². The molecule has 9 heteroatoms. The van der Waals surface area contributed by atoms with Gasteiger partial charge in [0, 0.05) is 12.1 Å². The Labute approximate surface area is 150 Å². The van der Waals surface area contributed by atoms with E-state index in [1.807, 2.05) is 23.6 Å². The fourth-order valence-corrected chi connectivity index (χ4v) is 3.12. The first-order chi connectivity index (χ1) is 12.1. The monoisotopic (exact) mass is 367 g/mol. The van der Waals surface area contributed by atoms with E-state index < -0.39 is 0 Å². The molecule has 2 aromatic rings. The molecule has 0 spiro atoms. The second-order valence-electron chi connectivity index (χ2n) is 4.83. The lowest BCUT2D eigenvalue weighted by atomic mass is 10.1. The number of nitrogens with zero attached hydrogens (tertiary/aromatic N) is 3. The third-order valence-electron chi connectivity index (χ3n) is 3.50. The molecule has 0 aliphatic heterocycles. The molecule has 0 radical (unpaired) electrons. The van der Waals surface area contributed by atoms with Crippen molar-refractivity contribution in [3.63, 3.8) is 0 Å². The number of hydrogen-bond acceptors (Lipinski definition) is 8. The fraction of sp³-hybridized carbons (Fsp3) is 0.438. The third kappa shape index (κ3) is 3.98. The minimum Gasteiger partial charge on any atom is -0.493 e. The van der Waals surface area contributed by atoms with Gasteiger partial charge in [0.05, 0.1) is 34.2 Å². The fourth-order valence-electron chi connectivity index (χ4n) is 2.29. The summed E-state index contributed by atoms with van der Waals surface area (Å²) in [6, 6.07) is 3.62. The lowest BCUT2D eigenvalue weighted by Crippen LogP contribution is -2.06. The van der Waals surface area contributed by atoms with Crippen molar-refractivity contribution < 1.29 is 23.7 Å². The van der Waals surface area contributed by atoms with Crippen molar-refractivity contribution in [1.29, 1.82) is 0 Å². The summed E-state index contributed by atoms with van der Waals surface area (Å²) in [7, 11) is 6.03. The first kappa shape index (κ1) is 18.9. The third-order valence-corrected chi connectivity index (χ3v) is 4.44. The number of thioether (sulfide) groups is 1. The largest absolute Gasteiger partial charge is 0.493 e. The molecule has 1 heterocycles. The van der Waals surface area contributed by atoms with Crippen LogP contribution in [0.3, 0.4) is 0 Å². The number of rotatable bonds is 8. The molecule has 1 aromatic heterocycles. The molecule has 0 aliphatic rings. The summed E-state index contributed by atoms with van der Waals surface area (Å²) in [5.74, 6) is 2.08. The summed E-state index contributed by atoms with van der Waals surface area (Å²) < 4.78 is 22.7. The van der Waals surface area contributed by atoms with Crippen LogP contribution >= 0.6 is 11.8 Å². The molecule has 0 aliphatic carbocycles. The van der Waals surface area contributed by atoms with Crippen molar-refractivity contribution in [3.05, 3.63) is 12.1 Å². The molecule has 0 amide bonds. The minimum atomic E-state index is -0.315. The number of ether oxygens (including phenoxy) is 4. The predicted octanol–water partition coefficient (Wildman–Crippen LogP) is 2.26. The molecule has 0 unspecified atom stereocenters. The van der Waals surface area contributed by atoms with E-state index in [0.717, 1.165) is 5.56 Å². The van der Waals surface area contributed by atoms with Gasteiger partial charge >= 0.3 is 5.97 Å². The number of esters is 1. The number of aromatic nitrogens is 3. The SMILES string of the molecule is CCn1c(SCC(=O)OC)nnc1-c1cc(OC)c(OC)c(OC)c1. The van der Waals surface area contributed by atoms with Crippen molar-refractivity contribution >= 4 is 17.7 Å². The average Bonchev–Trinajstić information content (AvgIpc) is 3.07. The number of methoxy groups -OCH3 is 4. The molecular weight excluding hydrogens is 346 g/mol. The molecule has 136 valence electrons. The highest BCUT2D eigenvalue weighted by molar-refractivity contribution is 7.99. The minimum absolute atomic E-state index is 0.171. The maximum Gasteiger partial charge on any atom is 0.316 e. The van der Waals surface area contributed by atoms with Gasteiger partial charge in [-0.15, -0.1) is 10.2 Å². The van der Waals surface area contributed by atoms with E-state index in [-0.39, 0.29) is 11.7 Å². The highest BCUT2D eigenvalue weighted by atomic mass is 32.2.